The molecule has 0 aromatic carbocycles. The van der Waals surface area contributed by atoms with Gasteiger partial charge in [-0.05, 0) is 26.8 Å². The number of amides is 1. The molecule has 6 heteroatoms. The Bertz CT molecular complexity index is 481. The fourth-order valence-corrected chi connectivity index (χ4v) is 2.02. The first-order valence-electron chi connectivity index (χ1n) is 5.90. The largest absolute Gasteiger partial charge is 0.361 e. The van der Waals surface area contributed by atoms with E-state index in [2.05, 4.69) is 21.4 Å². The summed E-state index contributed by atoms with van der Waals surface area (Å²) in [6.07, 6.45) is 1.26. The first kappa shape index (κ1) is 12.6. The van der Waals surface area contributed by atoms with Gasteiger partial charge in [0.2, 0.25) is 0 Å². The first-order valence-corrected chi connectivity index (χ1v) is 5.90. The van der Waals surface area contributed by atoms with Gasteiger partial charge < -0.3 is 14.7 Å². The molecule has 0 radical (unpaired) electrons. The Morgan fingerprint density at radius 1 is 1.61 bits per heavy atom. The number of nitrogens with one attached hydrogen (secondary N) is 1. The van der Waals surface area contributed by atoms with Gasteiger partial charge in [-0.25, -0.2) is 0 Å². The molecule has 1 amide bonds. The van der Waals surface area contributed by atoms with E-state index in [-0.39, 0.29) is 11.6 Å². The number of hydrogen-bond donors (Lipinski definition) is 1. The van der Waals surface area contributed by atoms with E-state index < -0.39 is 5.54 Å². The van der Waals surface area contributed by atoms with Gasteiger partial charge in [0.15, 0.2) is 5.69 Å². The number of likely N-dealkylation sites (tertiary alicyclic amines) is 1. The predicted octanol–water partition coefficient (Wildman–Crippen LogP) is 0.701. The van der Waals surface area contributed by atoms with Crippen LogP contribution in [0, 0.1) is 18.3 Å². The molecule has 6 nitrogen and oxygen atoms in total. The molecule has 0 aliphatic carbocycles. The van der Waals surface area contributed by atoms with E-state index in [0.717, 1.165) is 13.1 Å². The summed E-state index contributed by atoms with van der Waals surface area (Å²) >= 11 is 0. The molecule has 0 unspecified atom stereocenters. The van der Waals surface area contributed by atoms with E-state index in [9.17, 15) is 10.1 Å². The van der Waals surface area contributed by atoms with Gasteiger partial charge in [-0.3, -0.25) is 4.79 Å². The summed E-state index contributed by atoms with van der Waals surface area (Å²) < 4.78 is 4.86. The van der Waals surface area contributed by atoms with Crippen molar-refractivity contribution in [1.82, 2.24) is 15.4 Å². The third kappa shape index (κ3) is 2.51. The third-order valence-corrected chi connectivity index (χ3v) is 3.27. The molecule has 1 aromatic rings. The molecule has 0 atom stereocenters. The molecular weight excluding hydrogens is 232 g/mol. The molecule has 1 saturated heterocycles. The maximum Gasteiger partial charge on any atom is 0.274 e. The molecule has 1 aliphatic rings. The van der Waals surface area contributed by atoms with Crippen LogP contribution in [0.2, 0.25) is 0 Å². The van der Waals surface area contributed by atoms with Gasteiger partial charge in [0, 0.05) is 19.2 Å². The molecule has 0 spiro atoms. The second kappa shape index (κ2) is 4.78. The summed E-state index contributed by atoms with van der Waals surface area (Å²) in [6, 6.07) is 3.79. The van der Waals surface area contributed by atoms with Crippen molar-refractivity contribution in [3.05, 3.63) is 17.5 Å². The molecule has 1 N–H and O–H groups in total. The maximum absolute atomic E-state index is 12.0. The monoisotopic (exact) mass is 248 g/mol. The number of nitrogens with zero attached hydrogens (tertiary/aromatic N) is 3. The van der Waals surface area contributed by atoms with Crippen molar-refractivity contribution in [3.63, 3.8) is 0 Å². The van der Waals surface area contributed by atoms with Gasteiger partial charge in [-0.15, -0.1) is 0 Å². The van der Waals surface area contributed by atoms with Crippen LogP contribution in [0.15, 0.2) is 10.6 Å². The molecule has 0 bridgehead atoms. The van der Waals surface area contributed by atoms with Gasteiger partial charge in [-0.2, -0.15) is 5.26 Å². The van der Waals surface area contributed by atoms with Crippen molar-refractivity contribution < 1.29 is 9.32 Å². The summed E-state index contributed by atoms with van der Waals surface area (Å²) in [5.74, 6) is 0.229. The SMILES string of the molecule is Cc1cc(C(=O)NC2(C#N)CCN(C)CC2)no1. The fourth-order valence-electron chi connectivity index (χ4n) is 2.02. The summed E-state index contributed by atoms with van der Waals surface area (Å²) in [5.41, 5.74) is -0.558. The van der Waals surface area contributed by atoms with E-state index in [1.54, 1.807) is 13.0 Å². The second-order valence-corrected chi connectivity index (χ2v) is 4.77. The van der Waals surface area contributed by atoms with Gasteiger partial charge in [-0.1, -0.05) is 5.16 Å². The molecule has 18 heavy (non-hydrogen) atoms. The molecule has 1 fully saturated rings. The first-order chi connectivity index (χ1) is 8.54. The zero-order valence-electron chi connectivity index (χ0n) is 10.6. The minimum atomic E-state index is -0.781. The van der Waals surface area contributed by atoms with Crippen molar-refractivity contribution >= 4 is 5.91 Å². The number of piperidine rings is 1. The van der Waals surface area contributed by atoms with E-state index in [0.29, 0.717) is 18.6 Å². The van der Waals surface area contributed by atoms with Crippen LogP contribution in [0.3, 0.4) is 0 Å². The highest BCUT2D eigenvalue weighted by Crippen LogP contribution is 2.21. The van der Waals surface area contributed by atoms with E-state index in [1.165, 1.54) is 0 Å². The number of nitriles is 1. The summed E-state index contributed by atoms with van der Waals surface area (Å²) in [5, 5.41) is 15.7. The van der Waals surface area contributed by atoms with Crippen molar-refractivity contribution in [2.75, 3.05) is 20.1 Å². The minimum Gasteiger partial charge on any atom is -0.361 e. The van der Waals surface area contributed by atoms with Crippen LogP contribution in [0.5, 0.6) is 0 Å². The lowest BCUT2D eigenvalue weighted by atomic mass is 9.89. The zero-order valence-corrected chi connectivity index (χ0v) is 10.6. The molecule has 0 saturated carbocycles. The number of carbonyl (C=O) groups is 1. The van der Waals surface area contributed by atoms with Gasteiger partial charge in [0.25, 0.3) is 5.91 Å². The minimum absolute atomic E-state index is 0.223. The molecule has 1 aliphatic heterocycles. The predicted molar refractivity (Wildman–Crippen MR) is 63.8 cm³/mol. The van der Waals surface area contributed by atoms with Crippen LogP contribution in [0.4, 0.5) is 0 Å². The standard InChI is InChI=1S/C12H16N4O2/c1-9-7-10(15-18-9)11(17)14-12(8-13)3-5-16(2)6-4-12/h7H,3-6H2,1-2H3,(H,14,17). The fraction of sp³-hybridized carbons (Fsp3) is 0.583. The number of carbonyl (C=O) groups excluding carboxylic acids is 1. The topological polar surface area (TPSA) is 82.2 Å². The van der Waals surface area contributed by atoms with Crippen LogP contribution in [0.25, 0.3) is 0 Å². The Labute approximate surface area is 106 Å². The Morgan fingerprint density at radius 2 is 2.28 bits per heavy atom. The zero-order chi connectivity index (χ0) is 13.2. The highest BCUT2D eigenvalue weighted by Gasteiger charge is 2.36. The van der Waals surface area contributed by atoms with E-state index >= 15 is 0 Å². The normalized spacial score (nSPS) is 19.2. The lowest BCUT2D eigenvalue weighted by molar-refractivity contribution is 0.0872. The Hall–Kier alpha value is -1.87. The van der Waals surface area contributed by atoms with Gasteiger partial charge >= 0.3 is 0 Å². The Balaban J connectivity index is 2.07. The lowest BCUT2D eigenvalue weighted by Crippen LogP contribution is -2.53. The maximum atomic E-state index is 12.0. The van der Waals surface area contributed by atoms with Gasteiger partial charge in [0.05, 0.1) is 6.07 Å². The highest BCUT2D eigenvalue weighted by atomic mass is 16.5. The average Bonchev–Trinajstić information content (AvgIpc) is 2.79. The van der Waals surface area contributed by atoms with Crippen LogP contribution >= 0.6 is 0 Å². The van der Waals surface area contributed by atoms with Crippen LogP contribution in [-0.2, 0) is 0 Å². The molecule has 96 valence electrons. The lowest BCUT2D eigenvalue weighted by Gasteiger charge is -2.35. The van der Waals surface area contributed by atoms with Crippen molar-refractivity contribution in [1.29, 1.82) is 5.26 Å². The highest BCUT2D eigenvalue weighted by molar-refractivity contribution is 5.93. The molecular formula is C12H16N4O2. The number of aromatic nitrogens is 1. The van der Waals surface area contributed by atoms with Crippen molar-refractivity contribution in [2.45, 2.75) is 25.3 Å². The second-order valence-electron chi connectivity index (χ2n) is 4.77. The number of aryl methyl sites for hydroxylation is 1. The Morgan fingerprint density at radius 3 is 2.78 bits per heavy atom. The third-order valence-electron chi connectivity index (χ3n) is 3.27. The van der Waals surface area contributed by atoms with Crippen LogP contribution < -0.4 is 5.32 Å². The van der Waals surface area contributed by atoms with Crippen molar-refractivity contribution in [2.24, 2.45) is 0 Å². The molecule has 1 aromatic heterocycles. The smallest absolute Gasteiger partial charge is 0.274 e. The quantitative estimate of drug-likeness (QED) is 0.833. The van der Waals surface area contributed by atoms with E-state index in [1.807, 2.05) is 7.05 Å². The van der Waals surface area contributed by atoms with Crippen molar-refractivity contribution in [3.8, 4) is 6.07 Å². The Kier molecular flexibility index (Phi) is 3.34. The van der Waals surface area contributed by atoms with Crippen LogP contribution in [-0.4, -0.2) is 41.6 Å². The van der Waals surface area contributed by atoms with Crippen LogP contribution in [0.1, 0.15) is 29.1 Å². The summed E-state index contributed by atoms with van der Waals surface area (Å²) in [6.45, 7) is 3.32. The van der Waals surface area contributed by atoms with Gasteiger partial charge in [0.1, 0.15) is 11.3 Å². The number of hydrogen-bond acceptors (Lipinski definition) is 5. The average molecular weight is 248 g/mol. The molecule has 2 rings (SSSR count). The summed E-state index contributed by atoms with van der Waals surface area (Å²) in [7, 11) is 2.00. The van der Waals surface area contributed by atoms with E-state index in [4.69, 9.17) is 4.52 Å². The molecule has 2 heterocycles. The summed E-state index contributed by atoms with van der Waals surface area (Å²) in [4.78, 5) is 14.1. The number of rotatable bonds is 2.